The minimum Gasteiger partial charge on any atom is -0.504 e. The average molecular weight is 253 g/mol. The number of hydrogen-bond donors (Lipinski definition) is 2. The number of likely N-dealkylation sites (N-methyl/N-ethyl adjacent to an activating group) is 1. The number of aliphatic carboxylic acids is 1. The number of benzene rings is 1. The summed E-state index contributed by atoms with van der Waals surface area (Å²) >= 11 is 0. The van der Waals surface area contributed by atoms with E-state index in [-0.39, 0.29) is 17.1 Å². The largest absolute Gasteiger partial charge is 0.504 e. The number of carboxylic acids is 1. The molecule has 0 saturated carbocycles. The molecule has 0 spiro atoms. The van der Waals surface area contributed by atoms with Crippen molar-refractivity contribution in [1.29, 1.82) is 0 Å². The second-order valence-electron chi connectivity index (χ2n) is 3.92. The minimum absolute atomic E-state index is 0.0237. The summed E-state index contributed by atoms with van der Waals surface area (Å²) in [4.78, 5) is 23.5. The molecule has 0 aliphatic rings. The Bertz CT molecular complexity index is 484. The Morgan fingerprint density at radius 2 is 2.00 bits per heavy atom. The average Bonchev–Trinajstić information content (AvgIpc) is 2.29. The third-order valence-electron chi connectivity index (χ3n) is 2.39. The van der Waals surface area contributed by atoms with Crippen LogP contribution >= 0.6 is 0 Å². The van der Waals surface area contributed by atoms with E-state index in [1.54, 1.807) is 13.0 Å². The van der Waals surface area contributed by atoms with Crippen molar-refractivity contribution in [3.8, 4) is 11.5 Å². The Kier molecular flexibility index (Phi) is 4.14. The van der Waals surface area contributed by atoms with E-state index >= 15 is 0 Å². The highest BCUT2D eigenvalue weighted by Gasteiger charge is 2.20. The summed E-state index contributed by atoms with van der Waals surface area (Å²) in [5, 5.41) is 18.5. The Hall–Kier alpha value is -2.24. The summed E-state index contributed by atoms with van der Waals surface area (Å²) in [6.07, 6.45) is 0. The number of carbonyl (C=O) groups excluding carboxylic acids is 1. The van der Waals surface area contributed by atoms with Crippen molar-refractivity contribution >= 4 is 11.9 Å². The number of rotatable bonds is 4. The van der Waals surface area contributed by atoms with Gasteiger partial charge in [0.25, 0.3) is 5.91 Å². The van der Waals surface area contributed by atoms with Crippen LogP contribution in [0.3, 0.4) is 0 Å². The highest BCUT2D eigenvalue weighted by atomic mass is 16.5. The standard InChI is InChI=1S/C12H15NO5/c1-7-4-8(11(16)9(5-7)18-3)12(17)13(2)6-10(14)15/h4-5,16H,6H2,1-3H3,(H,14,15). The quantitative estimate of drug-likeness (QED) is 0.831. The summed E-state index contributed by atoms with van der Waals surface area (Å²) in [6, 6.07) is 3.07. The van der Waals surface area contributed by atoms with Crippen LogP contribution in [0.15, 0.2) is 12.1 Å². The van der Waals surface area contributed by atoms with E-state index in [2.05, 4.69) is 0 Å². The van der Waals surface area contributed by atoms with E-state index in [1.807, 2.05) is 0 Å². The molecule has 0 heterocycles. The van der Waals surface area contributed by atoms with Gasteiger partial charge in [-0.1, -0.05) is 0 Å². The van der Waals surface area contributed by atoms with Crippen molar-refractivity contribution < 1.29 is 24.5 Å². The first-order valence-corrected chi connectivity index (χ1v) is 5.21. The maximum absolute atomic E-state index is 12.0. The third-order valence-corrected chi connectivity index (χ3v) is 2.39. The lowest BCUT2D eigenvalue weighted by atomic mass is 10.1. The molecule has 1 amide bonds. The smallest absolute Gasteiger partial charge is 0.323 e. The number of aromatic hydroxyl groups is 1. The highest BCUT2D eigenvalue weighted by Crippen LogP contribution is 2.31. The molecular weight excluding hydrogens is 238 g/mol. The van der Waals surface area contributed by atoms with Gasteiger partial charge in [-0.2, -0.15) is 0 Å². The topological polar surface area (TPSA) is 87.1 Å². The van der Waals surface area contributed by atoms with E-state index in [1.165, 1.54) is 20.2 Å². The van der Waals surface area contributed by atoms with Gasteiger partial charge in [0.2, 0.25) is 0 Å². The first kappa shape index (κ1) is 13.8. The molecule has 0 bridgehead atoms. The van der Waals surface area contributed by atoms with Crippen molar-refractivity contribution in [2.24, 2.45) is 0 Å². The molecule has 6 heteroatoms. The first-order chi connectivity index (χ1) is 8.36. The zero-order chi connectivity index (χ0) is 13.9. The number of phenols is 1. The molecule has 2 N–H and O–H groups in total. The molecule has 0 atom stereocenters. The molecule has 1 aromatic rings. The van der Waals surface area contributed by atoms with Gasteiger partial charge in [0.05, 0.1) is 12.7 Å². The number of aryl methyl sites for hydroxylation is 1. The number of methoxy groups -OCH3 is 1. The Labute approximate surface area is 104 Å². The second-order valence-corrected chi connectivity index (χ2v) is 3.92. The molecule has 0 radical (unpaired) electrons. The zero-order valence-electron chi connectivity index (χ0n) is 10.4. The third kappa shape index (κ3) is 2.91. The Morgan fingerprint density at radius 3 is 2.50 bits per heavy atom. The van der Waals surface area contributed by atoms with Crippen molar-refractivity contribution in [1.82, 2.24) is 4.90 Å². The molecule has 0 saturated heterocycles. The normalized spacial score (nSPS) is 9.94. The lowest BCUT2D eigenvalue weighted by Crippen LogP contribution is -2.32. The molecule has 0 fully saturated rings. The van der Waals surface area contributed by atoms with Crippen LogP contribution in [0.25, 0.3) is 0 Å². The van der Waals surface area contributed by atoms with Crippen LogP contribution in [0, 0.1) is 6.92 Å². The van der Waals surface area contributed by atoms with Crippen molar-refractivity contribution in [3.05, 3.63) is 23.3 Å². The molecule has 1 rings (SSSR count). The zero-order valence-corrected chi connectivity index (χ0v) is 10.4. The summed E-state index contributed by atoms with van der Waals surface area (Å²) in [5.41, 5.74) is 0.757. The second kappa shape index (κ2) is 5.39. The molecule has 18 heavy (non-hydrogen) atoms. The number of ether oxygens (including phenoxy) is 1. The van der Waals surface area contributed by atoms with Crippen LogP contribution in [0.1, 0.15) is 15.9 Å². The predicted octanol–water partition coefficient (Wildman–Crippen LogP) is 0.866. The molecule has 1 aromatic carbocycles. The SMILES string of the molecule is COc1cc(C)cc(C(=O)N(C)CC(=O)O)c1O. The van der Waals surface area contributed by atoms with Gasteiger partial charge in [0.1, 0.15) is 6.54 Å². The monoisotopic (exact) mass is 253 g/mol. The van der Waals surface area contributed by atoms with Crippen LogP contribution in [0.4, 0.5) is 0 Å². The molecule has 0 aliphatic heterocycles. The van der Waals surface area contributed by atoms with Gasteiger partial charge in [0, 0.05) is 7.05 Å². The molecule has 0 aliphatic carbocycles. The van der Waals surface area contributed by atoms with E-state index in [4.69, 9.17) is 9.84 Å². The van der Waals surface area contributed by atoms with Gasteiger partial charge < -0.3 is 19.8 Å². The molecular formula is C12H15NO5. The number of phenolic OH excluding ortho intramolecular Hbond substituents is 1. The maximum atomic E-state index is 12.0. The molecule has 98 valence electrons. The van der Waals surface area contributed by atoms with Crippen molar-refractivity contribution in [2.75, 3.05) is 20.7 Å². The van der Waals surface area contributed by atoms with Crippen molar-refractivity contribution in [3.63, 3.8) is 0 Å². The van der Waals surface area contributed by atoms with E-state index < -0.39 is 18.4 Å². The fraction of sp³-hybridized carbons (Fsp3) is 0.333. The summed E-state index contributed by atoms with van der Waals surface area (Å²) < 4.78 is 4.94. The van der Waals surface area contributed by atoms with Crippen molar-refractivity contribution in [2.45, 2.75) is 6.92 Å². The summed E-state index contributed by atoms with van der Waals surface area (Å²) in [7, 11) is 2.73. The first-order valence-electron chi connectivity index (χ1n) is 5.21. The van der Waals surface area contributed by atoms with Gasteiger partial charge in [-0.25, -0.2) is 0 Å². The molecule has 6 nitrogen and oxygen atoms in total. The number of amides is 1. The lowest BCUT2D eigenvalue weighted by molar-refractivity contribution is -0.137. The highest BCUT2D eigenvalue weighted by molar-refractivity contribution is 5.99. The lowest BCUT2D eigenvalue weighted by Gasteiger charge is -2.17. The molecule has 0 unspecified atom stereocenters. The number of hydrogen-bond acceptors (Lipinski definition) is 4. The summed E-state index contributed by atoms with van der Waals surface area (Å²) in [6.45, 7) is 1.31. The molecule has 0 aromatic heterocycles. The van der Waals surface area contributed by atoms with E-state index in [0.29, 0.717) is 0 Å². The number of carbonyl (C=O) groups is 2. The van der Waals surface area contributed by atoms with Gasteiger partial charge in [0.15, 0.2) is 11.5 Å². The number of carboxylic acid groups (broad SMARTS) is 1. The Balaban J connectivity index is 3.12. The maximum Gasteiger partial charge on any atom is 0.323 e. The van der Waals surface area contributed by atoms with Gasteiger partial charge >= 0.3 is 5.97 Å². The van der Waals surface area contributed by atoms with Crippen LogP contribution in [0.2, 0.25) is 0 Å². The van der Waals surface area contributed by atoms with Crippen LogP contribution < -0.4 is 4.74 Å². The summed E-state index contributed by atoms with van der Waals surface area (Å²) in [5.74, 6) is -1.80. The van der Waals surface area contributed by atoms with Crippen LogP contribution in [-0.2, 0) is 4.79 Å². The van der Waals surface area contributed by atoms with Gasteiger partial charge in [-0.3, -0.25) is 9.59 Å². The predicted molar refractivity (Wildman–Crippen MR) is 64.0 cm³/mol. The van der Waals surface area contributed by atoms with Gasteiger partial charge in [-0.05, 0) is 24.6 Å². The Morgan fingerprint density at radius 1 is 1.39 bits per heavy atom. The van der Waals surface area contributed by atoms with E-state index in [9.17, 15) is 14.7 Å². The van der Waals surface area contributed by atoms with Crippen LogP contribution in [-0.4, -0.2) is 47.7 Å². The fourth-order valence-electron chi connectivity index (χ4n) is 1.54. The van der Waals surface area contributed by atoms with Crippen LogP contribution in [0.5, 0.6) is 11.5 Å². The van der Waals surface area contributed by atoms with Gasteiger partial charge in [-0.15, -0.1) is 0 Å². The fourth-order valence-corrected chi connectivity index (χ4v) is 1.54. The van der Waals surface area contributed by atoms with E-state index in [0.717, 1.165) is 10.5 Å². The minimum atomic E-state index is -1.12. The number of nitrogens with zero attached hydrogens (tertiary/aromatic N) is 1.